The number of carboxylic acid groups (broad SMARTS) is 1. The van der Waals surface area contributed by atoms with Crippen molar-refractivity contribution < 1.29 is 19.1 Å². The van der Waals surface area contributed by atoms with Gasteiger partial charge in [0, 0.05) is 30.4 Å². The summed E-state index contributed by atoms with van der Waals surface area (Å²) in [5, 5.41) is 13.1. The lowest BCUT2D eigenvalue weighted by atomic mass is 9.94. The van der Waals surface area contributed by atoms with Gasteiger partial charge in [0.05, 0.1) is 13.7 Å². The van der Waals surface area contributed by atoms with Gasteiger partial charge >= 0.3 is 5.97 Å². The Morgan fingerprint density at radius 1 is 1.52 bits per heavy atom. The third-order valence-electron chi connectivity index (χ3n) is 4.41. The third-order valence-corrected chi connectivity index (χ3v) is 4.41. The van der Waals surface area contributed by atoms with Crippen molar-refractivity contribution in [2.75, 3.05) is 20.2 Å². The molecule has 1 N–H and O–H groups in total. The number of likely N-dealkylation sites (tertiary alicyclic amines) is 1. The van der Waals surface area contributed by atoms with Crippen LogP contribution in [0.1, 0.15) is 30.2 Å². The molecule has 0 saturated carbocycles. The second kappa shape index (κ2) is 7.52. The van der Waals surface area contributed by atoms with Crippen LogP contribution in [0.4, 0.5) is 0 Å². The summed E-state index contributed by atoms with van der Waals surface area (Å²) in [7, 11) is 1.43. The molecule has 3 rings (SSSR count). The summed E-state index contributed by atoms with van der Waals surface area (Å²) < 4.78 is 11.9. The van der Waals surface area contributed by atoms with Gasteiger partial charge < -0.3 is 14.3 Å². The lowest BCUT2D eigenvalue weighted by Crippen LogP contribution is -2.35. The fraction of sp³-hybridized carbons (Fsp3) is 0.471. The van der Waals surface area contributed by atoms with Gasteiger partial charge in [0.1, 0.15) is 18.6 Å². The maximum Gasteiger partial charge on any atom is 0.325 e. The minimum absolute atomic E-state index is 0.133. The predicted molar refractivity (Wildman–Crippen MR) is 88.6 cm³/mol. The molecule has 1 saturated heterocycles. The molecule has 25 heavy (non-hydrogen) atoms. The van der Waals surface area contributed by atoms with Gasteiger partial charge in [-0.15, -0.1) is 0 Å². The molecule has 0 spiro atoms. The highest BCUT2D eigenvalue weighted by atomic mass is 16.5. The van der Waals surface area contributed by atoms with E-state index in [1.165, 1.54) is 19.4 Å². The zero-order valence-electron chi connectivity index (χ0n) is 14.1. The van der Waals surface area contributed by atoms with E-state index in [0.717, 1.165) is 31.6 Å². The zero-order valence-corrected chi connectivity index (χ0v) is 14.1. The number of rotatable bonds is 6. The molecule has 0 unspecified atom stereocenters. The number of hydrogen-bond acceptors (Lipinski definition) is 6. The topological polar surface area (TPSA) is 97.8 Å². The second-order valence-electron chi connectivity index (χ2n) is 6.16. The zero-order chi connectivity index (χ0) is 17.8. The average Bonchev–Trinajstić information content (AvgIpc) is 3.03. The van der Waals surface area contributed by atoms with Crippen LogP contribution < -0.4 is 10.2 Å². The maximum atomic E-state index is 11.8. The molecule has 0 aliphatic carbocycles. The minimum atomic E-state index is -0.905. The Bertz CT molecular complexity index is 798. The number of carboxylic acids is 1. The lowest BCUT2D eigenvalue weighted by Gasteiger charge is -2.32. The quantitative estimate of drug-likeness (QED) is 0.841. The van der Waals surface area contributed by atoms with Crippen LogP contribution in [0, 0.1) is 0 Å². The van der Waals surface area contributed by atoms with Gasteiger partial charge in [-0.3, -0.25) is 19.2 Å². The highest BCUT2D eigenvalue weighted by Gasteiger charge is 2.25. The molecule has 2 aromatic heterocycles. The fourth-order valence-electron chi connectivity index (χ4n) is 3.28. The van der Waals surface area contributed by atoms with Crippen molar-refractivity contribution in [2.24, 2.45) is 0 Å². The molecular formula is C17H21N3O5. The monoisotopic (exact) mass is 347 g/mol. The normalized spacial score (nSPS) is 18.2. The number of ether oxygens (including phenoxy) is 1. The Labute approximate surface area is 144 Å². The highest BCUT2D eigenvalue weighted by Crippen LogP contribution is 2.27. The van der Waals surface area contributed by atoms with Crippen LogP contribution in [0.15, 0.2) is 33.8 Å². The molecule has 8 heteroatoms. The number of hydrogen-bond donors (Lipinski definition) is 1. The standard InChI is InChI=1S/C17H21N3O5/c1-24-16-11-25-13(7-15(16)21)9-19-6-2-3-12(8-19)14-4-5-18-20(14)10-17(22)23/h4-5,7,11-12H,2-3,6,8-10H2,1H3,(H,22,23)/t12-/m1/s1. The van der Waals surface area contributed by atoms with Crippen molar-refractivity contribution in [2.45, 2.75) is 31.8 Å². The van der Waals surface area contributed by atoms with Gasteiger partial charge in [-0.05, 0) is 25.5 Å². The van der Waals surface area contributed by atoms with Gasteiger partial charge in [0.25, 0.3) is 0 Å². The lowest BCUT2D eigenvalue weighted by molar-refractivity contribution is -0.137. The first-order valence-corrected chi connectivity index (χ1v) is 8.18. The summed E-state index contributed by atoms with van der Waals surface area (Å²) in [6.07, 6.45) is 4.94. The van der Waals surface area contributed by atoms with Crippen LogP contribution in [-0.2, 0) is 17.9 Å². The maximum absolute atomic E-state index is 11.8. The summed E-state index contributed by atoms with van der Waals surface area (Å²) in [5.41, 5.74) is 0.736. The van der Waals surface area contributed by atoms with Crippen molar-refractivity contribution in [3.8, 4) is 5.75 Å². The van der Waals surface area contributed by atoms with Crippen molar-refractivity contribution in [3.05, 3.63) is 46.3 Å². The first-order valence-electron chi connectivity index (χ1n) is 8.18. The van der Waals surface area contributed by atoms with Crippen LogP contribution >= 0.6 is 0 Å². The van der Waals surface area contributed by atoms with E-state index in [2.05, 4.69) is 10.00 Å². The van der Waals surface area contributed by atoms with Crippen molar-refractivity contribution >= 4 is 5.97 Å². The van der Waals surface area contributed by atoms with Gasteiger partial charge in [0.2, 0.25) is 11.2 Å². The van der Waals surface area contributed by atoms with Crippen LogP contribution in [-0.4, -0.2) is 46.0 Å². The van der Waals surface area contributed by atoms with Gasteiger partial charge in [0.15, 0.2) is 0 Å². The Morgan fingerprint density at radius 3 is 3.08 bits per heavy atom. The Balaban J connectivity index is 1.69. The highest BCUT2D eigenvalue weighted by molar-refractivity contribution is 5.66. The van der Waals surface area contributed by atoms with E-state index in [4.69, 9.17) is 14.3 Å². The van der Waals surface area contributed by atoms with Crippen molar-refractivity contribution in [1.29, 1.82) is 0 Å². The van der Waals surface area contributed by atoms with E-state index >= 15 is 0 Å². The first-order chi connectivity index (χ1) is 12.1. The number of nitrogens with zero attached hydrogens (tertiary/aromatic N) is 3. The summed E-state index contributed by atoms with van der Waals surface area (Å²) in [5.74, 6) is 0.0848. The molecule has 0 amide bonds. The molecular weight excluding hydrogens is 326 g/mol. The predicted octanol–water partition coefficient (Wildman–Crippen LogP) is 1.31. The molecule has 0 radical (unpaired) electrons. The Hall–Kier alpha value is -2.61. The Morgan fingerprint density at radius 2 is 2.36 bits per heavy atom. The molecule has 0 bridgehead atoms. The molecule has 8 nitrogen and oxygen atoms in total. The summed E-state index contributed by atoms with van der Waals surface area (Å²) in [4.78, 5) is 25.0. The summed E-state index contributed by atoms with van der Waals surface area (Å²) in [6, 6.07) is 3.34. The molecule has 1 atom stereocenters. The molecule has 2 aromatic rings. The third kappa shape index (κ3) is 4.08. The van der Waals surface area contributed by atoms with E-state index < -0.39 is 5.97 Å². The van der Waals surface area contributed by atoms with E-state index in [-0.39, 0.29) is 23.6 Å². The number of piperidine rings is 1. The number of methoxy groups -OCH3 is 1. The number of aromatic nitrogens is 2. The number of carbonyl (C=O) groups is 1. The Kier molecular flexibility index (Phi) is 5.18. The summed E-state index contributed by atoms with van der Waals surface area (Å²) >= 11 is 0. The van der Waals surface area contributed by atoms with Gasteiger partial charge in [-0.1, -0.05) is 0 Å². The van der Waals surface area contributed by atoms with Gasteiger partial charge in [-0.25, -0.2) is 0 Å². The van der Waals surface area contributed by atoms with Crippen LogP contribution in [0.25, 0.3) is 0 Å². The van der Waals surface area contributed by atoms with Gasteiger partial charge in [-0.2, -0.15) is 5.10 Å². The molecule has 0 aromatic carbocycles. The van der Waals surface area contributed by atoms with E-state index in [1.807, 2.05) is 6.07 Å². The summed E-state index contributed by atoms with van der Waals surface area (Å²) in [6.45, 7) is 2.06. The molecule has 1 aliphatic rings. The van der Waals surface area contributed by atoms with E-state index in [9.17, 15) is 9.59 Å². The molecule has 134 valence electrons. The van der Waals surface area contributed by atoms with Crippen LogP contribution in [0.5, 0.6) is 5.75 Å². The van der Waals surface area contributed by atoms with Crippen molar-refractivity contribution in [3.63, 3.8) is 0 Å². The largest absolute Gasteiger partial charge is 0.490 e. The number of aliphatic carboxylic acids is 1. The van der Waals surface area contributed by atoms with Crippen LogP contribution in [0.2, 0.25) is 0 Å². The van der Waals surface area contributed by atoms with Crippen LogP contribution in [0.3, 0.4) is 0 Å². The molecule has 3 heterocycles. The second-order valence-corrected chi connectivity index (χ2v) is 6.16. The smallest absolute Gasteiger partial charge is 0.325 e. The molecule has 1 aliphatic heterocycles. The SMILES string of the molecule is COc1coc(CN2CCC[C@@H](c3ccnn3CC(=O)O)C2)cc1=O. The fourth-order valence-corrected chi connectivity index (χ4v) is 3.28. The first kappa shape index (κ1) is 17.2. The van der Waals surface area contributed by atoms with Crippen molar-refractivity contribution in [1.82, 2.24) is 14.7 Å². The minimum Gasteiger partial charge on any atom is -0.490 e. The van der Waals surface area contributed by atoms with E-state index in [0.29, 0.717) is 12.3 Å². The molecule has 1 fully saturated rings. The average molecular weight is 347 g/mol. The van der Waals surface area contributed by atoms with E-state index in [1.54, 1.807) is 10.9 Å².